The summed E-state index contributed by atoms with van der Waals surface area (Å²) in [5, 5.41) is 7.46. The molecule has 29 heavy (non-hydrogen) atoms. The van der Waals surface area contributed by atoms with Crippen molar-refractivity contribution in [2.24, 2.45) is 12.0 Å². The highest BCUT2D eigenvalue weighted by Crippen LogP contribution is 2.19. The van der Waals surface area contributed by atoms with Gasteiger partial charge in [0.2, 0.25) is 0 Å². The van der Waals surface area contributed by atoms with Crippen molar-refractivity contribution in [2.75, 3.05) is 14.1 Å². The fourth-order valence-electron chi connectivity index (χ4n) is 3.06. The lowest BCUT2D eigenvalue weighted by Crippen LogP contribution is -2.38. The summed E-state index contributed by atoms with van der Waals surface area (Å²) in [7, 11) is 5.88. The van der Waals surface area contributed by atoms with Gasteiger partial charge < -0.3 is 19.3 Å². The second-order valence-electron chi connectivity index (χ2n) is 6.83. The molecule has 0 spiro atoms. The van der Waals surface area contributed by atoms with Gasteiger partial charge in [0.05, 0.1) is 6.54 Å². The van der Waals surface area contributed by atoms with E-state index in [0.717, 1.165) is 42.3 Å². The van der Waals surface area contributed by atoms with Crippen molar-refractivity contribution in [3.05, 3.63) is 59.7 Å². The first-order valence-electron chi connectivity index (χ1n) is 9.54. The lowest BCUT2D eigenvalue weighted by molar-refractivity contribution is 0.422. The summed E-state index contributed by atoms with van der Waals surface area (Å²) in [6.07, 6.45) is 3.88. The number of nitrogens with one attached hydrogen (secondary N) is 1. The molecule has 0 atom stereocenters. The molecule has 0 radical (unpaired) electrons. The van der Waals surface area contributed by atoms with Crippen molar-refractivity contribution in [1.82, 2.24) is 24.9 Å². The van der Waals surface area contributed by atoms with Crippen LogP contribution in [0.5, 0.6) is 0 Å². The molecule has 0 bridgehead atoms. The summed E-state index contributed by atoms with van der Waals surface area (Å²) in [6, 6.07) is 12.3. The third-order valence-corrected chi connectivity index (χ3v) is 4.59. The lowest BCUT2D eigenvalue weighted by atomic mass is 10.1. The Bertz CT molecular complexity index is 933. The Morgan fingerprint density at radius 2 is 2.10 bits per heavy atom. The summed E-state index contributed by atoms with van der Waals surface area (Å²) in [4.78, 5) is 11.0. The molecule has 8 heteroatoms. The molecule has 3 rings (SSSR count). The Kier molecular flexibility index (Phi) is 8.69. The average molecular weight is 508 g/mol. The van der Waals surface area contributed by atoms with Crippen molar-refractivity contribution >= 4 is 29.9 Å². The second-order valence-corrected chi connectivity index (χ2v) is 6.83. The highest BCUT2D eigenvalue weighted by Gasteiger charge is 2.11. The van der Waals surface area contributed by atoms with Gasteiger partial charge >= 0.3 is 0 Å². The van der Waals surface area contributed by atoms with Gasteiger partial charge in [0, 0.05) is 51.6 Å². The highest BCUT2D eigenvalue weighted by atomic mass is 127. The minimum atomic E-state index is 0. The van der Waals surface area contributed by atoms with Crippen LogP contribution in [0.3, 0.4) is 0 Å². The smallest absolute Gasteiger partial charge is 0.257 e. The zero-order valence-electron chi connectivity index (χ0n) is 17.4. The van der Waals surface area contributed by atoms with Crippen LogP contribution in [0.15, 0.2) is 52.1 Å². The first kappa shape index (κ1) is 22.9. The van der Waals surface area contributed by atoms with Crippen LogP contribution < -0.4 is 5.32 Å². The standard InChI is InChI=1S/C21H28N6O.HI/c1-5-8-19-24-20(28-25-19)17-10-6-9-16(13-17)14-23-21(22-2)27(4)15-18-11-7-12-26(18)3;/h6-7,9-13H,5,8,14-15H2,1-4H3,(H,22,23);1H. The summed E-state index contributed by atoms with van der Waals surface area (Å²) in [6.45, 7) is 3.54. The molecule has 2 heterocycles. The van der Waals surface area contributed by atoms with Gasteiger partial charge in [0.1, 0.15) is 0 Å². The summed E-state index contributed by atoms with van der Waals surface area (Å²) < 4.78 is 7.51. The zero-order chi connectivity index (χ0) is 19.9. The maximum atomic E-state index is 5.40. The molecular formula is C21H29IN6O. The van der Waals surface area contributed by atoms with Gasteiger partial charge in [0.25, 0.3) is 5.89 Å². The largest absolute Gasteiger partial charge is 0.353 e. The molecule has 0 fully saturated rings. The molecular weight excluding hydrogens is 479 g/mol. The van der Waals surface area contributed by atoms with E-state index in [0.29, 0.717) is 12.4 Å². The van der Waals surface area contributed by atoms with E-state index in [1.807, 2.05) is 38.5 Å². The number of halogens is 1. The van der Waals surface area contributed by atoms with E-state index >= 15 is 0 Å². The maximum Gasteiger partial charge on any atom is 0.257 e. The number of hydrogen-bond donors (Lipinski definition) is 1. The average Bonchev–Trinajstić information content (AvgIpc) is 3.32. The monoisotopic (exact) mass is 508 g/mol. The molecule has 0 saturated carbocycles. The highest BCUT2D eigenvalue weighted by molar-refractivity contribution is 14.0. The predicted octanol–water partition coefficient (Wildman–Crippen LogP) is 3.85. The molecule has 2 aromatic heterocycles. The molecule has 0 aliphatic rings. The molecule has 3 aromatic rings. The predicted molar refractivity (Wildman–Crippen MR) is 126 cm³/mol. The van der Waals surface area contributed by atoms with Crippen molar-refractivity contribution in [3.8, 4) is 11.5 Å². The van der Waals surface area contributed by atoms with Crippen LogP contribution in [0.2, 0.25) is 0 Å². The van der Waals surface area contributed by atoms with E-state index in [1.165, 1.54) is 5.69 Å². The van der Waals surface area contributed by atoms with Crippen LogP contribution in [0.1, 0.15) is 30.4 Å². The Hall–Kier alpha value is -2.36. The summed E-state index contributed by atoms with van der Waals surface area (Å²) in [5.41, 5.74) is 3.29. The van der Waals surface area contributed by atoms with Gasteiger partial charge in [-0.05, 0) is 36.2 Å². The molecule has 156 valence electrons. The number of guanidine groups is 1. The van der Waals surface area contributed by atoms with Crippen LogP contribution in [-0.4, -0.2) is 39.7 Å². The van der Waals surface area contributed by atoms with Gasteiger partial charge in [-0.1, -0.05) is 24.2 Å². The van der Waals surface area contributed by atoms with Crippen molar-refractivity contribution in [3.63, 3.8) is 0 Å². The number of benzene rings is 1. The first-order valence-corrected chi connectivity index (χ1v) is 9.54. The van der Waals surface area contributed by atoms with Gasteiger partial charge in [-0.15, -0.1) is 24.0 Å². The quantitative estimate of drug-likeness (QED) is 0.298. The molecule has 0 unspecified atom stereocenters. The number of nitrogens with zero attached hydrogens (tertiary/aromatic N) is 5. The lowest BCUT2D eigenvalue weighted by Gasteiger charge is -2.22. The number of aromatic nitrogens is 3. The van der Waals surface area contributed by atoms with Crippen LogP contribution in [0.4, 0.5) is 0 Å². The molecule has 0 aliphatic heterocycles. The van der Waals surface area contributed by atoms with Crippen molar-refractivity contribution in [2.45, 2.75) is 32.9 Å². The second kappa shape index (κ2) is 11.0. The Labute approximate surface area is 189 Å². The van der Waals surface area contributed by atoms with Gasteiger partial charge in [0.15, 0.2) is 11.8 Å². The van der Waals surface area contributed by atoms with E-state index < -0.39 is 0 Å². The number of aryl methyl sites for hydroxylation is 2. The third kappa shape index (κ3) is 6.06. The van der Waals surface area contributed by atoms with Gasteiger partial charge in [-0.3, -0.25) is 4.99 Å². The van der Waals surface area contributed by atoms with Crippen molar-refractivity contribution < 1.29 is 4.52 Å². The number of hydrogen-bond acceptors (Lipinski definition) is 4. The zero-order valence-corrected chi connectivity index (χ0v) is 19.8. The molecule has 7 nitrogen and oxygen atoms in total. The molecule has 0 aliphatic carbocycles. The van der Waals surface area contributed by atoms with Crippen LogP contribution in [0.25, 0.3) is 11.5 Å². The van der Waals surface area contributed by atoms with Crippen LogP contribution in [0, 0.1) is 0 Å². The third-order valence-electron chi connectivity index (χ3n) is 4.59. The normalized spacial score (nSPS) is 11.2. The Morgan fingerprint density at radius 3 is 2.79 bits per heavy atom. The summed E-state index contributed by atoms with van der Waals surface area (Å²) in [5.74, 6) is 2.16. The number of aliphatic imine (C=N–C) groups is 1. The van der Waals surface area contributed by atoms with E-state index in [1.54, 1.807) is 7.05 Å². The first-order chi connectivity index (χ1) is 13.6. The molecule has 1 N–H and O–H groups in total. The number of rotatable bonds is 7. The topological polar surface area (TPSA) is 71.5 Å². The maximum absolute atomic E-state index is 5.40. The van der Waals surface area contributed by atoms with Gasteiger partial charge in [-0.2, -0.15) is 4.98 Å². The minimum absolute atomic E-state index is 0. The van der Waals surface area contributed by atoms with Crippen LogP contribution >= 0.6 is 24.0 Å². The van der Waals surface area contributed by atoms with E-state index in [9.17, 15) is 0 Å². The summed E-state index contributed by atoms with van der Waals surface area (Å²) >= 11 is 0. The minimum Gasteiger partial charge on any atom is -0.353 e. The van der Waals surface area contributed by atoms with E-state index in [-0.39, 0.29) is 24.0 Å². The Balaban J connectivity index is 0.00000300. The molecule has 0 amide bonds. The molecule has 1 aromatic carbocycles. The van der Waals surface area contributed by atoms with Gasteiger partial charge in [-0.25, -0.2) is 0 Å². The fourth-order valence-corrected chi connectivity index (χ4v) is 3.06. The SMILES string of the molecule is CCCc1noc(-c2cccc(CNC(=NC)N(C)Cc3cccn3C)c2)n1.I. The van der Waals surface area contributed by atoms with Crippen LogP contribution in [-0.2, 0) is 26.6 Å². The molecule has 0 saturated heterocycles. The fraction of sp³-hybridized carbons (Fsp3) is 0.381. The van der Waals surface area contributed by atoms with Crippen molar-refractivity contribution in [1.29, 1.82) is 0 Å². The Morgan fingerprint density at radius 1 is 1.28 bits per heavy atom. The van der Waals surface area contributed by atoms with E-state index in [4.69, 9.17) is 4.52 Å². The van der Waals surface area contributed by atoms with E-state index in [2.05, 4.69) is 55.0 Å².